The van der Waals surface area contributed by atoms with E-state index in [4.69, 9.17) is 11.6 Å². The van der Waals surface area contributed by atoms with Gasteiger partial charge in [-0.05, 0) is 38.1 Å². The summed E-state index contributed by atoms with van der Waals surface area (Å²) < 4.78 is 24.4. The molecule has 19 heavy (non-hydrogen) atoms. The van der Waals surface area contributed by atoms with Gasteiger partial charge in [0.1, 0.15) is 0 Å². The molecular weight excluding hydrogens is 284 g/mol. The molecule has 1 rings (SSSR count). The maximum Gasteiger partial charge on any atom is 0.208 e. The number of benzene rings is 1. The van der Waals surface area contributed by atoms with E-state index in [-0.39, 0.29) is 0 Å². The average molecular weight is 305 g/mol. The second kappa shape index (κ2) is 7.24. The smallest absolute Gasteiger partial charge is 0.208 e. The van der Waals surface area contributed by atoms with Gasteiger partial charge in [0.05, 0.1) is 6.26 Å². The number of halogens is 1. The number of likely N-dealkylation sites (N-methyl/N-ethyl adjacent to an activating group) is 1. The molecule has 0 saturated carbocycles. The van der Waals surface area contributed by atoms with Crippen molar-refractivity contribution < 1.29 is 8.42 Å². The Morgan fingerprint density at radius 2 is 1.89 bits per heavy atom. The zero-order valence-corrected chi connectivity index (χ0v) is 13.1. The van der Waals surface area contributed by atoms with Gasteiger partial charge >= 0.3 is 0 Å². The second-order valence-electron chi connectivity index (χ2n) is 4.83. The van der Waals surface area contributed by atoms with E-state index in [1.165, 1.54) is 11.8 Å². The molecule has 0 amide bonds. The molecule has 1 N–H and O–H groups in total. The Kier molecular flexibility index (Phi) is 6.26. The van der Waals surface area contributed by atoms with E-state index >= 15 is 0 Å². The van der Waals surface area contributed by atoms with Crippen molar-refractivity contribution in [1.29, 1.82) is 0 Å². The number of hydrogen-bond acceptors (Lipinski definition) is 3. The molecular formula is C13H21ClN2O2S. The Morgan fingerprint density at radius 1 is 1.32 bits per heavy atom. The van der Waals surface area contributed by atoms with Crippen LogP contribution >= 0.6 is 11.6 Å². The minimum Gasteiger partial charge on any atom is -0.302 e. The first-order valence-corrected chi connectivity index (χ1v) is 8.44. The van der Waals surface area contributed by atoms with Crippen molar-refractivity contribution in [3.05, 3.63) is 34.9 Å². The summed E-state index contributed by atoms with van der Waals surface area (Å²) in [6, 6.07) is 8.13. The van der Waals surface area contributed by atoms with Crippen LogP contribution in [0.5, 0.6) is 0 Å². The van der Waals surface area contributed by atoms with Crippen LogP contribution in [0.1, 0.15) is 12.5 Å². The molecule has 6 heteroatoms. The Balaban J connectivity index is 2.40. The maximum atomic E-state index is 11.0. The number of sulfonamides is 1. The summed E-state index contributed by atoms with van der Waals surface area (Å²) in [6.07, 6.45) is 2.08. The van der Waals surface area contributed by atoms with Crippen LogP contribution in [0.4, 0.5) is 0 Å². The van der Waals surface area contributed by atoms with Crippen LogP contribution in [-0.2, 0) is 16.4 Å². The molecule has 108 valence electrons. The fraction of sp³-hybridized carbons (Fsp3) is 0.538. The van der Waals surface area contributed by atoms with E-state index in [1.54, 1.807) is 0 Å². The SMILES string of the molecule is C[C@H](Cc1ccc(Cl)cc1)N(C)CCNS(C)(=O)=O. The Hall–Kier alpha value is -0.620. The average Bonchev–Trinajstić information content (AvgIpc) is 2.30. The van der Waals surface area contributed by atoms with E-state index in [2.05, 4.69) is 16.5 Å². The zero-order chi connectivity index (χ0) is 14.5. The molecule has 1 aromatic rings. The van der Waals surface area contributed by atoms with Gasteiger partial charge in [-0.15, -0.1) is 0 Å². The summed E-state index contributed by atoms with van der Waals surface area (Å²) in [5, 5.41) is 0.738. The number of rotatable bonds is 7. The summed E-state index contributed by atoms with van der Waals surface area (Å²) in [5.74, 6) is 0. The van der Waals surface area contributed by atoms with Crippen molar-refractivity contribution in [1.82, 2.24) is 9.62 Å². The van der Waals surface area contributed by atoms with Crippen molar-refractivity contribution >= 4 is 21.6 Å². The van der Waals surface area contributed by atoms with Gasteiger partial charge in [0.2, 0.25) is 10.0 Å². The van der Waals surface area contributed by atoms with Crippen LogP contribution in [0.15, 0.2) is 24.3 Å². The highest BCUT2D eigenvalue weighted by Crippen LogP contribution is 2.12. The van der Waals surface area contributed by atoms with Crippen LogP contribution in [0.3, 0.4) is 0 Å². The normalized spacial score (nSPS) is 13.7. The van der Waals surface area contributed by atoms with Crippen molar-refractivity contribution in [3.63, 3.8) is 0 Å². The van der Waals surface area contributed by atoms with Gasteiger partial charge in [-0.1, -0.05) is 23.7 Å². The van der Waals surface area contributed by atoms with E-state index in [9.17, 15) is 8.42 Å². The molecule has 1 aromatic carbocycles. The quantitative estimate of drug-likeness (QED) is 0.835. The third kappa shape index (κ3) is 6.92. The largest absolute Gasteiger partial charge is 0.302 e. The lowest BCUT2D eigenvalue weighted by molar-refractivity contribution is 0.260. The molecule has 0 spiro atoms. The fourth-order valence-electron chi connectivity index (χ4n) is 1.75. The van der Waals surface area contributed by atoms with E-state index in [1.807, 2.05) is 31.3 Å². The number of hydrogen-bond donors (Lipinski definition) is 1. The summed E-state index contributed by atoms with van der Waals surface area (Å²) in [6.45, 7) is 3.23. The van der Waals surface area contributed by atoms with Crippen LogP contribution in [0.25, 0.3) is 0 Å². The topological polar surface area (TPSA) is 49.4 Å². The zero-order valence-electron chi connectivity index (χ0n) is 11.6. The van der Waals surface area contributed by atoms with Gasteiger partial charge in [-0.2, -0.15) is 0 Å². The fourth-order valence-corrected chi connectivity index (χ4v) is 2.33. The lowest BCUT2D eigenvalue weighted by Crippen LogP contribution is -2.37. The predicted octanol–water partition coefficient (Wildman–Crippen LogP) is 1.75. The molecule has 0 radical (unpaired) electrons. The first-order chi connectivity index (χ1) is 8.78. The summed E-state index contributed by atoms with van der Waals surface area (Å²) in [5.41, 5.74) is 1.22. The standard InChI is InChI=1S/C13H21ClN2O2S/c1-11(10-12-4-6-13(14)7-5-12)16(2)9-8-15-19(3,17)18/h4-7,11,15H,8-10H2,1-3H3/t11-/m1/s1. The van der Waals surface area contributed by atoms with Crippen molar-refractivity contribution in [3.8, 4) is 0 Å². The highest BCUT2D eigenvalue weighted by Gasteiger charge is 2.10. The molecule has 0 heterocycles. The van der Waals surface area contributed by atoms with Crippen LogP contribution in [0.2, 0.25) is 5.02 Å². The van der Waals surface area contributed by atoms with Crippen LogP contribution < -0.4 is 4.72 Å². The minimum atomic E-state index is -3.10. The minimum absolute atomic E-state index is 0.336. The predicted molar refractivity (Wildman–Crippen MR) is 80.1 cm³/mol. The molecule has 0 aromatic heterocycles. The molecule has 0 aliphatic carbocycles. The number of nitrogens with one attached hydrogen (secondary N) is 1. The van der Waals surface area contributed by atoms with Crippen molar-refractivity contribution in [2.24, 2.45) is 0 Å². The molecule has 0 unspecified atom stereocenters. The first kappa shape index (κ1) is 16.4. The summed E-state index contributed by atoms with van der Waals surface area (Å²) >= 11 is 5.85. The lowest BCUT2D eigenvalue weighted by Gasteiger charge is -2.24. The summed E-state index contributed by atoms with van der Waals surface area (Å²) in [4.78, 5) is 2.13. The highest BCUT2D eigenvalue weighted by molar-refractivity contribution is 7.88. The first-order valence-electron chi connectivity index (χ1n) is 6.17. The second-order valence-corrected chi connectivity index (χ2v) is 7.10. The third-order valence-corrected chi connectivity index (χ3v) is 4.01. The Morgan fingerprint density at radius 3 is 2.42 bits per heavy atom. The van der Waals surface area contributed by atoms with Gasteiger partial charge < -0.3 is 4.90 Å². The van der Waals surface area contributed by atoms with Crippen molar-refractivity contribution in [2.75, 3.05) is 26.4 Å². The summed E-state index contributed by atoms with van der Waals surface area (Å²) in [7, 11) is -1.11. The van der Waals surface area contributed by atoms with E-state index in [0.29, 0.717) is 19.1 Å². The van der Waals surface area contributed by atoms with E-state index in [0.717, 1.165) is 11.4 Å². The molecule has 0 fully saturated rings. The highest BCUT2D eigenvalue weighted by atomic mass is 35.5. The van der Waals surface area contributed by atoms with Crippen molar-refractivity contribution in [2.45, 2.75) is 19.4 Å². The molecule has 4 nitrogen and oxygen atoms in total. The molecule has 1 atom stereocenters. The lowest BCUT2D eigenvalue weighted by atomic mass is 10.1. The molecule has 0 aliphatic rings. The van der Waals surface area contributed by atoms with Gasteiger partial charge in [0.15, 0.2) is 0 Å². The van der Waals surface area contributed by atoms with Gasteiger partial charge in [0, 0.05) is 24.2 Å². The van der Waals surface area contributed by atoms with Crippen LogP contribution in [0, 0.1) is 0 Å². The molecule has 0 saturated heterocycles. The maximum absolute atomic E-state index is 11.0. The third-order valence-electron chi connectivity index (χ3n) is 3.03. The monoisotopic (exact) mass is 304 g/mol. The molecule has 0 bridgehead atoms. The molecule has 0 aliphatic heterocycles. The Bertz CT molecular complexity index is 488. The number of nitrogens with zero attached hydrogens (tertiary/aromatic N) is 1. The van der Waals surface area contributed by atoms with Gasteiger partial charge in [0.25, 0.3) is 0 Å². The Labute approximate surface area is 120 Å². The van der Waals surface area contributed by atoms with E-state index < -0.39 is 10.0 Å². The van der Waals surface area contributed by atoms with Crippen LogP contribution in [-0.4, -0.2) is 45.8 Å². The van der Waals surface area contributed by atoms with Gasteiger partial charge in [-0.25, -0.2) is 13.1 Å². The van der Waals surface area contributed by atoms with Gasteiger partial charge in [-0.3, -0.25) is 0 Å².